The lowest BCUT2D eigenvalue weighted by atomic mass is 9.98. The minimum atomic E-state index is -0.277. The second-order valence-electron chi connectivity index (χ2n) is 7.57. The van der Waals surface area contributed by atoms with Crippen molar-refractivity contribution in [2.24, 2.45) is 0 Å². The number of hydrogen-bond donors (Lipinski definition) is 2. The first-order valence-corrected chi connectivity index (χ1v) is 10.4. The van der Waals surface area contributed by atoms with Crippen molar-refractivity contribution in [1.29, 1.82) is 0 Å². The maximum absolute atomic E-state index is 13.3. The van der Waals surface area contributed by atoms with Crippen molar-refractivity contribution in [1.82, 2.24) is 5.32 Å². The Balaban J connectivity index is 1.39. The number of rotatable bonds is 7. The molecule has 1 amide bonds. The summed E-state index contributed by atoms with van der Waals surface area (Å²) in [7, 11) is 0. The number of anilines is 2. The summed E-state index contributed by atoms with van der Waals surface area (Å²) >= 11 is 0. The molecule has 1 fully saturated rings. The average Bonchev–Trinajstić information content (AvgIpc) is 3.31. The zero-order chi connectivity index (χ0) is 20.8. The lowest BCUT2D eigenvalue weighted by Crippen LogP contribution is -2.32. The molecule has 1 unspecified atom stereocenters. The van der Waals surface area contributed by atoms with E-state index in [1.54, 1.807) is 12.1 Å². The van der Waals surface area contributed by atoms with Crippen molar-refractivity contribution in [3.8, 4) is 0 Å². The van der Waals surface area contributed by atoms with Crippen LogP contribution in [-0.4, -0.2) is 25.5 Å². The van der Waals surface area contributed by atoms with Gasteiger partial charge in [0.1, 0.15) is 5.82 Å². The van der Waals surface area contributed by atoms with E-state index in [0.29, 0.717) is 0 Å². The second kappa shape index (κ2) is 9.55. The van der Waals surface area contributed by atoms with Crippen LogP contribution in [0, 0.1) is 5.82 Å². The van der Waals surface area contributed by atoms with Gasteiger partial charge in [-0.05, 0) is 60.4 Å². The molecule has 1 aliphatic rings. The van der Waals surface area contributed by atoms with E-state index in [0.717, 1.165) is 29.9 Å². The van der Waals surface area contributed by atoms with Crippen LogP contribution < -0.4 is 15.5 Å². The number of hydrogen-bond acceptors (Lipinski definition) is 3. The topological polar surface area (TPSA) is 44.4 Å². The molecule has 2 N–H and O–H groups in total. The van der Waals surface area contributed by atoms with Crippen LogP contribution >= 0.6 is 0 Å². The number of halogens is 1. The molecule has 0 bridgehead atoms. The van der Waals surface area contributed by atoms with Crippen LogP contribution in [0.1, 0.15) is 30.0 Å². The molecule has 1 heterocycles. The molecule has 3 aromatic rings. The van der Waals surface area contributed by atoms with Crippen molar-refractivity contribution >= 4 is 17.3 Å². The number of amides is 1. The molecule has 154 valence electrons. The van der Waals surface area contributed by atoms with Crippen LogP contribution in [0.2, 0.25) is 0 Å². The Morgan fingerprint density at radius 2 is 1.50 bits per heavy atom. The molecule has 4 nitrogen and oxygen atoms in total. The molecule has 0 saturated carbocycles. The largest absolute Gasteiger partial charge is 0.372 e. The third kappa shape index (κ3) is 5.05. The maximum Gasteiger partial charge on any atom is 0.238 e. The van der Waals surface area contributed by atoms with Gasteiger partial charge in [0.2, 0.25) is 5.91 Å². The van der Waals surface area contributed by atoms with Gasteiger partial charge in [-0.2, -0.15) is 0 Å². The van der Waals surface area contributed by atoms with Crippen LogP contribution in [0.4, 0.5) is 15.8 Å². The van der Waals surface area contributed by atoms with E-state index in [9.17, 15) is 9.18 Å². The van der Waals surface area contributed by atoms with Crippen molar-refractivity contribution in [3.63, 3.8) is 0 Å². The van der Waals surface area contributed by atoms with E-state index in [1.807, 2.05) is 42.5 Å². The molecule has 0 aromatic heterocycles. The first kappa shape index (κ1) is 20.1. The van der Waals surface area contributed by atoms with E-state index in [-0.39, 0.29) is 24.3 Å². The Bertz CT molecular complexity index is 952. The number of carbonyl (C=O) groups is 1. The first-order valence-electron chi connectivity index (χ1n) is 10.4. The highest BCUT2D eigenvalue weighted by atomic mass is 19.1. The van der Waals surface area contributed by atoms with E-state index < -0.39 is 0 Å². The van der Waals surface area contributed by atoms with Crippen LogP contribution in [-0.2, 0) is 4.79 Å². The molecule has 30 heavy (non-hydrogen) atoms. The zero-order valence-electron chi connectivity index (χ0n) is 16.9. The van der Waals surface area contributed by atoms with Crippen molar-refractivity contribution < 1.29 is 9.18 Å². The van der Waals surface area contributed by atoms with Gasteiger partial charge in [-0.1, -0.05) is 42.5 Å². The van der Waals surface area contributed by atoms with E-state index in [2.05, 4.69) is 27.7 Å². The SMILES string of the molecule is O=C(CNC(c1ccccc1)c1ccc(F)cc1)Nc1ccc(N2CCCC2)cc1. The number of carbonyl (C=O) groups excluding carboxylic acids is 1. The van der Waals surface area contributed by atoms with Crippen LogP contribution in [0.3, 0.4) is 0 Å². The predicted molar refractivity (Wildman–Crippen MR) is 119 cm³/mol. The minimum absolute atomic E-state index is 0.119. The fourth-order valence-corrected chi connectivity index (χ4v) is 3.86. The molecule has 4 rings (SSSR count). The molecule has 0 aliphatic carbocycles. The van der Waals surface area contributed by atoms with Gasteiger partial charge in [-0.25, -0.2) is 4.39 Å². The monoisotopic (exact) mass is 403 g/mol. The average molecular weight is 404 g/mol. The Morgan fingerprint density at radius 1 is 0.867 bits per heavy atom. The van der Waals surface area contributed by atoms with E-state index in [1.165, 1.54) is 30.7 Å². The normalized spacial score (nSPS) is 14.5. The zero-order valence-corrected chi connectivity index (χ0v) is 16.9. The molecule has 5 heteroatoms. The third-order valence-electron chi connectivity index (χ3n) is 5.43. The predicted octanol–water partition coefficient (Wildman–Crippen LogP) is 4.74. The highest BCUT2D eigenvalue weighted by molar-refractivity contribution is 5.92. The smallest absolute Gasteiger partial charge is 0.238 e. The summed E-state index contributed by atoms with van der Waals surface area (Å²) in [5.41, 5.74) is 3.91. The summed E-state index contributed by atoms with van der Waals surface area (Å²) in [5, 5.41) is 6.25. The summed E-state index contributed by atoms with van der Waals surface area (Å²) in [5.74, 6) is -0.396. The molecule has 1 saturated heterocycles. The lowest BCUT2D eigenvalue weighted by molar-refractivity contribution is -0.115. The quantitative estimate of drug-likeness (QED) is 0.599. The first-order chi connectivity index (χ1) is 14.7. The van der Waals surface area contributed by atoms with Crippen molar-refractivity contribution in [2.75, 3.05) is 29.9 Å². The highest BCUT2D eigenvalue weighted by Crippen LogP contribution is 2.23. The summed E-state index contributed by atoms with van der Waals surface area (Å²) in [6, 6.07) is 24.0. The van der Waals surface area contributed by atoms with Gasteiger partial charge in [0.15, 0.2) is 0 Å². The Kier molecular flexibility index (Phi) is 6.40. The molecule has 0 spiro atoms. The Morgan fingerprint density at radius 3 is 2.17 bits per heavy atom. The standard InChI is InChI=1S/C25H26FN3O/c26-21-10-8-20(9-11-21)25(19-6-2-1-3-7-19)27-18-24(30)28-22-12-14-23(15-13-22)29-16-4-5-17-29/h1-3,6-15,25,27H,4-5,16-18H2,(H,28,30). The Hall–Kier alpha value is -3.18. The summed E-state index contributed by atoms with van der Waals surface area (Å²) in [4.78, 5) is 14.9. The summed E-state index contributed by atoms with van der Waals surface area (Å²) in [6.45, 7) is 2.34. The fraction of sp³-hybridized carbons (Fsp3) is 0.240. The summed E-state index contributed by atoms with van der Waals surface area (Å²) in [6.07, 6.45) is 2.47. The van der Waals surface area contributed by atoms with Gasteiger partial charge in [0.25, 0.3) is 0 Å². The minimum Gasteiger partial charge on any atom is -0.372 e. The van der Waals surface area contributed by atoms with Crippen molar-refractivity contribution in [2.45, 2.75) is 18.9 Å². The number of nitrogens with one attached hydrogen (secondary N) is 2. The van der Waals surface area contributed by atoms with Gasteiger partial charge in [-0.15, -0.1) is 0 Å². The lowest BCUT2D eigenvalue weighted by Gasteiger charge is -2.20. The molecule has 0 radical (unpaired) electrons. The fourth-order valence-electron chi connectivity index (χ4n) is 3.86. The maximum atomic E-state index is 13.3. The van der Waals surface area contributed by atoms with Gasteiger partial charge >= 0.3 is 0 Å². The van der Waals surface area contributed by atoms with Crippen LogP contribution in [0.5, 0.6) is 0 Å². The van der Waals surface area contributed by atoms with Gasteiger partial charge in [0.05, 0.1) is 12.6 Å². The Labute approximate surface area is 176 Å². The number of nitrogens with zero attached hydrogens (tertiary/aromatic N) is 1. The van der Waals surface area contributed by atoms with Gasteiger partial charge in [-0.3, -0.25) is 10.1 Å². The van der Waals surface area contributed by atoms with Gasteiger partial charge in [0, 0.05) is 24.5 Å². The van der Waals surface area contributed by atoms with Crippen LogP contribution in [0.15, 0.2) is 78.9 Å². The third-order valence-corrected chi connectivity index (χ3v) is 5.43. The van der Waals surface area contributed by atoms with Gasteiger partial charge < -0.3 is 10.2 Å². The highest BCUT2D eigenvalue weighted by Gasteiger charge is 2.16. The van der Waals surface area contributed by atoms with Crippen molar-refractivity contribution in [3.05, 3.63) is 95.8 Å². The van der Waals surface area contributed by atoms with Crippen LogP contribution in [0.25, 0.3) is 0 Å². The second-order valence-corrected chi connectivity index (χ2v) is 7.57. The summed E-state index contributed by atoms with van der Waals surface area (Å²) < 4.78 is 13.3. The van der Waals surface area contributed by atoms with E-state index >= 15 is 0 Å². The molecule has 1 atom stereocenters. The number of benzene rings is 3. The molecule has 3 aromatic carbocycles. The molecular formula is C25H26FN3O. The molecule has 1 aliphatic heterocycles. The van der Waals surface area contributed by atoms with E-state index in [4.69, 9.17) is 0 Å². The molecular weight excluding hydrogens is 377 g/mol.